The second-order valence-corrected chi connectivity index (χ2v) is 9.77. The van der Waals surface area contributed by atoms with Crippen molar-refractivity contribution in [3.05, 3.63) is 53.3 Å². The lowest BCUT2D eigenvalue weighted by molar-refractivity contribution is -0.119. The highest BCUT2D eigenvalue weighted by atomic mass is 19.1. The molecule has 0 heterocycles. The summed E-state index contributed by atoms with van der Waals surface area (Å²) in [5.41, 5.74) is 6.78. The van der Waals surface area contributed by atoms with Crippen molar-refractivity contribution in [2.75, 3.05) is 21.3 Å². The molecule has 0 aliphatic heterocycles. The maximum atomic E-state index is 13.2. The third kappa shape index (κ3) is 9.66. The Bertz CT molecular complexity index is 1170. The van der Waals surface area contributed by atoms with Gasteiger partial charge in [-0.15, -0.1) is 0 Å². The highest BCUT2D eigenvalue weighted by Crippen LogP contribution is 2.46. The number of benzene rings is 2. The third-order valence-corrected chi connectivity index (χ3v) is 6.05. The molecule has 10 nitrogen and oxygen atoms in total. The van der Waals surface area contributed by atoms with Crippen LogP contribution in [-0.2, 0) is 16.8 Å². The van der Waals surface area contributed by atoms with Crippen LogP contribution in [0.2, 0.25) is 0 Å². The van der Waals surface area contributed by atoms with Crippen molar-refractivity contribution in [3.63, 3.8) is 0 Å². The van der Waals surface area contributed by atoms with Crippen molar-refractivity contribution >= 4 is 18.0 Å². The number of halogens is 1. The minimum absolute atomic E-state index is 0.0800. The van der Waals surface area contributed by atoms with E-state index in [0.29, 0.717) is 17.4 Å². The number of ether oxygens (including phenoxy) is 3. The van der Waals surface area contributed by atoms with E-state index in [-0.39, 0.29) is 30.1 Å². The summed E-state index contributed by atoms with van der Waals surface area (Å²) in [6.07, 6.45) is 1.50. The molecule has 214 valence electrons. The Labute approximate surface area is 228 Å². The third-order valence-electron chi connectivity index (χ3n) is 6.05. The van der Waals surface area contributed by atoms with Gasteiger partial charge in [0.25, 0.3) is 0 Å². The average Bonchev–Trinajstić information content (AvgIpc) is 3.63. The summed E-state index contributed by atoms with van der Waals surface area (Å²) in [6, 6.07) is 9.85. The highest BCUT2D eigenvalue weighted by molar-refractivity contribution is 5.97. The molecule has 2 amide bonds. The number of guanidine groups is 1. The topological polar surface area (TPSA) is 144 Å². The minimum Gasteiger partial charge on any atom is -0.494 e. The average molecular weight is 547 g/mol. The fraction of sp³-hybridized carbons (Fsp3) is 0.464. The first kappa shape index (κ1) is 31.2. The number of nitrogens with one attached hydrogen (secondary N) is 2. The molecule has 0 bridgehead atoms. The van der Waals surface area contributed by atoms with Gasteiger partial charge in [-0.1, -0.05) is 26.0 Å². The highest BCUT2D eigenvalue weighted by Gasteiger charge is 2.46. The molecule has 2 aromatic carbocycles. The molecular formula is C28H39FN4O6. The lowest BCUT2D eigenvalue weighted by Crippen LogP contribution is -2.38. The SMILES string of the molecule is COc1cc(C2(NC(=O)O)CC2)ccc1F.COc1ccc(CC(=O)NC(N)=N[C@H](C)CC(C)C)cc1OC. The number of methoxy groups -OCH3 is 3. The molecule has 0 radical (unpaired) electrons. The lowest BCUT2D eigenvalue weighted by atomic mass is 10.0. The first-order chi connectivity index (χ1) is 18.4. The van der Waals surface area contributed by atoms with Crippen molar-refractivity contribution in [3.8, 4) is 17.2 Å². The van der Waals surface area contributed by atoms with E-state index in [1.165, 1.54) is 19.2 Å². The number of carbonyl (C=O) groups excluding carboxylic acids is 1. The van der Waals surface area contributed by atoms with Crippen LogP contribution in [0, 0.1) is 11.7 Å². The molecule has 1 saturated carbocycles. The number of nitrogens with zero attached hydrogens (tertiary/aromatic N) is 1. The van der Waals surface area contributed by atoms with Crippen molar-refractivity contribution in [1.29, 1.82) is 0 Å². The van der Waals surface area contributed by atoms with Crippen molar-refractivity contribution in [2.24, 2.45) is 16.6 Å². The van der Waals surface area contributed by atoms with Gasteiger partial charge in [0.05, 0.1) is 39.3 Å². The largest absolute Gasteiger partial charge is 0.494 e. The second kappa shape index (κ2) is 14.2. The van der Waals surface area contributed by atoms with Crippen LogP contribution in [-0.4, -0.2) is 50.4 Å². The summed E-state index contributed by atoms with van der Waals surface area (Å²) in [5.74, 6) is 1.38. The van der Waals surface area contributed by atoms with Crippen LogP contribution < -0.4 is 30.6 Å². The van der Waals surface area contributed by atoms with Crippen LogP contribution in [0.1, 0.15) is 51.2 Å². The fourth-order valence-electron chi connectivity index (χ4n) is 4.14. The van der Waals surface area contributed by atoms with Gasteiger partial charge in [0.1, 0.15) is 0 Å². The molecule has 1 aliphatic carbocycles. The monoisotopic (exact) mass is 546 g/mol. The van der Waals surface area contributed by atoms with Crippen LogP contribution in [0.3, 0.4) is 0 Å². The van der Waals surface area contributed by atoms with Crippen LogP contribution in [0.4, 0.5) is 9.18 Å². The molecule has 39 heavy (non-hydrogen) atoms. The van der Waals surface area contributed by atoms with Crippen LogP contribution >= 0.6 is 0 Å². The van der Waals surface area contributed by atoms with Crippen molar-refractivity contribution in [1.82, 2.24) is 10.6 Å². The Morgan fingerprint density at radius 1 is 1.03 bits per heavy atom. The van der Waals surface area contributed by atoms with E-state index in [9.17, 15) is 14.0 Å². The molecule has 11 heteroatoms. The predicted molar refractivity (Wildman–Crippen MR) is 147 cm³/mol. The van der Waals surface area contributed by atoms with Crippen LogP contribution in [0.5, 0.6) is 17.2 Å². The molecular weight excluding hydrogens is 507 g/mol. The molecule has 0 unspecified atom stereocenters. The molecule has 1 atom stereocenters. The van der Waals surface area contributed by atoms with Gasteiger partial charge in [-0.2, -0.15) is 0 Å². The Balaban J connectivity index is 0.000000290. The van der Waals surface area contributed by atoms with Crippen LogP contribution in [0.15, 0.2) is 41.4 Å². The Kier molecular flexibility index (Phi) is 11.4. The van der Waals surface area contributed by atoms with E-state index in [4.69, 9.17) is 25.1 Å². The molecule has 1 aliphatic rings. The normalized spacial score (nSPS) is 14.4. The van der Waals surface area contributed by atoms with Gasteiger partial charge in [-0.25, -0.2) is 9.18 Å². The Hall–Kier alpha value is -4.02. The standard InChI is InChI=1S/C17H27N3O3.C11H12FNO3/c1-11(2)8-12(3)19-17(18)20-16(21)10-13-6-7-14(22-4)15(9-13)23-5;1-16-9-6-7(2-3-8(9)12)11(4-5-11)13-10(14)15/h6-7,9,11-12H,8,10H2,1-5H3,(H3,18,19,20,21);2-3,6,13H,4-5H2,1H3,(H,14,15)/t12-;/m1./s1. The number of rotatable bonds is 10. The maximum absolute atomic E-state index is 13.2. The van der Waals surface area contributed by atoms with E-state index in [1.54, 1.807) is 32.4 Å². The summed E-state index contributed by atoms with van der Waals surface area (Å²) in [4.78, 5) is 26.9. The smallest absolute Gasteiger partial charge is 0.405 e. The number of hydrogen-bond donors (Lipinski definition) is 4. The zero-order valence-corrected chi connectivity index (χ0v) is 23.3. The number of aliphatic imine (C=N–C) groups is 1. The van der Waals surface area contributed by atoms with E-state index >= 15 is 0 Å². The summed E-state index contributed by atoms with van der Waals surface area (Å²) in [5, 5.41) is 13.8. The minimum atomic E-state index is -1.07. The first-order valence-corrected chi connectivity index (χ1v) is 12.6. The van der Waals surface area contributed by atoms with E-state index in [0.717, 1.165) is 30.4 Å². The molecule has 1 fully saturated rings. The Morgan fingerprint density at radius 3 is 2.21 bits per heavy atom. The fourth-order valence-corrected chi connectivity index (χ4v) is 4.14. The summed E-state index contributed by atoms with van der Waals surface area (Å²) in [6.45, 7) is 6.23. The lowest BCUT2D eigenvalue weighted by Gasteiger charge is -2.16. The van der Waals surface area contributed by atoms with Gasteiger partial charge in [-0.05, 0) is 67.5 Å². The van der Waals surface area contributed by atoms with Crippen molar-refractivity contribution < 1.29 is 33.3 Å². The Morgan fingerprint density at radius 2 is 1.67 bits per heavy atom. The van der Waals surface area contributed by atoms with Gasteiger partial charge in [-0.3, -0.25) is 15.1 Å². The van der Waals surface area contributed by atoms with Gasteiger partial charge in [0.15, 0.2) is 29.0 Å². The van der Waals surface area contributed by atoms with Gasteiger partial charge in [0, 0.05) is 0 Å². The van der Waals surface area contributed by atoms with E-state index < -0.39 is 17.4 Å². The zero-order valence-electron chi connectivity index (χ0n) is 23.3. The number of hydrogen-bond acceptors (Lipinski definition) is 6. The molecule has 5 N–H and O–H groups in total. The maximum Gasteiger partial charge on any atom is 0.405 e. The predicted octanol–water partition coefficient (Wildman–Crippen LogP) is 4.20. The quantitative estimate of drug-likeness (QED) is 0.258. The molecule has 0 aromatic heterocycles. The van der Waals surface area contributed by atoms with Gasteiger partial charge >= 0.3 is 6.09 Å². The second-order valence-electron chi connectivity index (χ2n) is 9.77. The molecule has 2 aromatic rings. The van der Waals surface area contributed by atoms with Gasteiger partial charge < -0.3 is 30.4 Å². The number of carbonyl (C=O) groups is 2. The zero-order chi connectivity index (χ0) is 29.2. The number of amides is 2. The molecule has 0 saturated heterocycles. The molecule has 3 rings (SSSR count). The summed E-state index contributed by atoms with van der Waals surface area (Å²) >= 11 is 0. The summed E-state index contributed by atoms with van der Waals surface area (Å²) < 4.78 is 28.4. The van der Waals surface area contributed by atoms with Crippen LogP contribution in [0.25, 0.3) is 0 Å². The van der Waals surface area contributed by atoms with E-state index in [2.05, 4.69) is 29.5 Å². The van der Waals surface area contributed by atoms with E-state index in [1.807, 2.05) is 13.0 Å². The molecule has 0 spiro atoms. The first-order valence-electron chi connectivity index (χ1n) is 12.6. The number of nitrogens with two attached hydrogens (primary N) is 1. The van der Waals surface area contributed by atoms with Gasteiger partial charge in [0.2, 0.25) is 5.91 Å². The number of carboxylic acid groups (broad SMARTS) is 1. The van der Waals surface area contributed by atoms with Crippen molar-refractivity contribution in [2.45, 2.75) is 58.0 Å². The summed E-state index contributed by atoms with van der Waals surface area (Å²) in [7, 11) is 4.51.